The first-order valence-electron chi connectivity index (χ1n) is 5.19. The minimum absolute atomic E-state index is 0.311. The average molecular weight is 207 g/mol. The van der Waals surface area contributed by atoms with Crippen molar-refractivity contribution in [3.63, 3.8) is 0 Å². The molecule has 0 saturated heterocycles. The third-order valence-electron chi connectivity index (χ3n) is 2.24. The Morgan fingerprint density at radius 3 is 2.60 bits per heavy atom. The van der Waals surface area contributed by atoms with Gasteiger partial charge in [-0.1, -0.05) is 6.92 Å². The summed E-state index contributed by atoms with van der Waals surface area (Å²) in [5.74, 6) is -0.486. The summed E-state index contributed by atoms with van der Waals surface area (Å²) in [5.41, 5.74) is 6.46. The fourth-order valence-corrected chi connectivity index (χ4v) is 1.46. The van der Waals surface area contributed by atoms with Crippen molar-refractivity contribution in [2.45, 2.75) is 20.3 Å². The Balaban J connectivity index is 2.81. The Bertz CT molecular complexity index is 321. The van der Waals surface area contributed by atoms with Crippen molar-refractivity contribution in [2.24, 2.45) is 5.73 Å². The van der Waals surface area contributed by atoms with Crippen LogP contribution in [0.4, 0.5) is 5.69 Å². The lowest BCUT2D eigenvalue weighted by atomic mass is 10.3. The van der Waals surface area contributed by atoms with Gasteiger partial charge in [-0.15, -0.1) is 0 Å². The van der Waals surface area contributed by atoms with Gasteiger partial charge in [-0.3, -0.25) is 4.79 Å². The van der Waals surface area contributed by atoms with Gasteiger partial charge in [0.25, 0.3) is 5.91 Å². The number of hydrogen-bond donors (Lipinski definition) is 1. The van der Waals surface area contributed by atoms with E-state index in [0.717, 1.165) is 25.2 Å². The highest BCUT2D eigenvalue weighted by Gasteiger charge is 2.05. The van der Waals surface area contributed by atoms with E-state index in [4.69, 9.17) is 5.73 Å². The second-order valence-corrected chi connectivity index (χ2v) is 3.35. The summed E-state index contributed by atoms with van der Waals surface area (Å²) in [7, 11) is 0. The molecule has 4 nitrogen and oxygen atoms in total. The van der Waals surface area contributed by atoms with Crippen molar-refractivity contribution in [3.8, 4) is 0 Å². The van der Waals surface area contributed by atoms with Crippen LogP contribution in [0.25, 0.3) is 0 Å². The summed E-state index contributed by atoms with van der Waals surface area (Å²) in [6, 6.07) is 3.54. The van der Waals surface area contributed by atoms with Crippen LogP contribution in [0.3, 0.4) is 0 Å². The number of aromatic nitrogens is 1. The number of carbonyl (C=O) groups is 1. The Kier molecular flexibility index (Phi) is 4.09. The summed E-state index contributed by atoms with van der Waals surface area (Å²) in [5, 5.41) is 0. The van der Waals surface area contributed by atoms with Crippen LogP contribution in [-0.2, 0) is 0 Å². The molecule has 0 aliphatic carbocycles. The smallest absolute Gasteiger partial charge is 0.267 e. The van der Waals surface area contributed by atoms with E-state index < -0.39 is 5.91 Å². The molecule has 0 saturated carbocycles. The number of pyridine rings is 1. The summed E-state index contributed by atoms with van der Waals surface area (Å²) in [6.45, 7) is 6.16. The van der Waals surface area contributed by atoms with Crippen LogP contribution >= 0.6 is 0 Å². The maximum Gasteiger partial charge on any atom is 0.267 e. The van der Waals surface area contributed by atoms with Gasteiger partial charge in [0.1, 0.15) is 5.69 Å². The van der Waals surface area contributed by atoms with E-state index in [1.807, 2.05) is 6.07 Å². The van der Waals surface area contributed by atoms with Crippen LogP contribution < -0.4 is 10.6 Å². The standard InChI is InChI=1S/C11H17N3O/c1-3-7-14(4-2)9-5-6-10(11(12)15)13-8-9/h5-6,8H,3-4,7H2,1-2H3,(H2,12,15). The highest BCUT2D eigenvalue weighted by molar-refractivity contribution is 5.90. The zero-order valence-electron chi connectivity index (χ0n) is 9.23. The first kappa shape index (κ1) is 11.5. The van der Waals surface area contributed by atoms with Gasteiger partial charge in [-0.25, -0.2) is 4.98 Å². The molecule has 0 aromatic carbocycles. The average Bonchev–Trinajstić information content (AvgIpc) is 2.26. The second-order valence-electron chi connectivity index (χ2n) is 3.35. The Labute approximate surface area is 90.1 Å². The molecule has 0 atom stereocenters. The van der Waals surface area contributed by atoms with E-state index in [1.165, 1.54) is 0 Å². The summed E-state index contributed by atoms with van der Waals surface area (Å²) in [4.78, 5) is 17.0. The van der Waals surface area contributed by atoms with Gasteiger partial charge >= 0.3 is 0 Å². The van der Waals surface area contributed by atoms with E-state index >= 15 is 0 Å². The SMILES string of the molecule is CCCN(CC)c1ccc(C(N)=O)nc1. The lowest BCUT2D eigenvalue weighted by Crippen LogP contribution is -2.23. The van der Waals surface area contributed by atoms with Gasteiger partial charge in [0, 0.05) is 13.1 Å². The topological polar surface area (TPSA) is 59.2 Å². The number of anilines is 1. The van der Waals surface area contributed by atoms with Crippen molar-refractivity contribution in [3.05, 3.63) is 24.0 Å². The lowest BCUT2D eigenvalue weighted by molar-refractivity contribution is 0.0995. The number of nitrogens with two attached hydrogens (primary N) is 1. The largest absolute Gasteiger partial charge is 0.371 e. The Morgan fingerprint density at radius 1 is 1.47 bits per heavy atom. The van der Waals surface area contributed by atoms with E-state index in [1.54, 1.807) is 12.3 Å². The number of rotatable bonds is 5. The molecule has 0 fully saturated rings. The first-order valence-corrected chi connectivity index (χ1v) is 5.19. The van der Waals surface area contributed by atoms with Crippen molar-refractivity contribution in [1.82, 2.24) is 4.98 Å². The molecule has 1 heterocycles. The van der Waals surface area contributed by atoms with Gasteiger partial charge < -0.3 is 10.6 Å². The van der Waals surface area contributed by atoms with Crippen molar-refractivity contribution in [2.75, 3.05) is 18.0 Å². The summed E-state index contributed by atoms with van der Waals surface area (Å²) < 4.78 is 0. The molecule has 0 spiro atoms. The molecule has 0 unspecified atom stereocenters. The minimum Gasteiger partial charge on any atom is -0.371 e. The van der Waals surface area contributed by atoms with Crippen molar-refractivity contribution < 1.29 is 4.79 Å². The molecule has 2 N–H and O–H groups in total. The predicted octanol–water partition coefficient (Wildman–Crippen LogP) is 1.42. The van der Waals surface area contributed by atoms with Gasteiger partial charge in [0.2, 0.25) is 0 Å². The maximum atomic E-state index is 10.8. The molecule has 0 radical (unpaired) electrons. The van der Waals surface area contributed by atoms with Crippen LogP contribution in [0.1, 0.15) is 30.8 Å². The highest BCUT2D eigenvalue weighted by Crippen LogP contribution is 2.12. The molecule has 1 amide bonds. The van der Waals surface area contributed by atoms with Gasteiger partial charge in [-0.05, 0) is 25.5 Å². The summed E-state index contributed by atoms with van der Waals surface area (Å²) >= 11 is 0. The number of carbonyl (C=O) groups excluding carboxylic acids is 1. The van der Waals surface area contributed by atoms with E-state index in [9.17, 15) is 4.79 Å². The third-order valence-corrected chi connectivity index (χ3v) is 2.24. The fraction of sp³-hybridized carbons (Fsp3) is 0.455. The zero-order valence-corrected chi connectivity index (χ0v) is 9.23. The van der Waals surface area contributed by atoms with Crippen LogP contribution in [-0.4, -0.2) is 24.0 Å². The maximum absolute atomic E-state index is 10.8. The highest BCUT2D eigenvalue weighted by atomic mass is 16.1. The lowest BCUT2D eigenvalue weighted by Gasteiger charge is -2.21. The quantitative estimate of drug-likeness (QED) is 0.794. The molecule has 0 aliphatic heterocycles. The van der Waals surface area contributed by atoms with E-state index in [2.05, 4.69) is 23.7 Å². The Hall–Kier alpha value is -1.58. The van der Waals surface area contributed by atoms with Crippen LogP contribution in [0, 0.1) is 0 Å². The number of hydrogen-bond acceptors (Lipinski definition) is 3. The molecule has 15 heavy (non-hydrogen) atoms. The van der Waals surface area contributed by atoms with Crippen LogP contribution in [0.2, 0.25) is 0 Å². The summed E-state index contributed by atoms with van der Waals surface area (Å²) in [6.07, 6.45) is 2.78. The fourth-order valence-electron chi connectivity index (χ4n) is 1.46. The normalized spacial score (nSPS) is 10.0. The van der Waals surface area contributed by atoms with E-state index in [0.29, 0.717) is 5.69 Å². The van der Waals surface area contributed by atoms with Crippen LogP contribution in [0.15, 0.2) is 18.3 Å². The van der Waals surface area contributed by atoms with Crippen molar-refractivity contribution >= 4 is 11.6 Å². The molecular formula is C11H17N3O. The molecular weight excluding hydrogens is 190 g/mol. The van der Waals surface area contributed by atoms with Gasteiger partial charge in [-0.2, -0.15) is 0 Å². The molecule has 1 rings (SSSR count). The first-order chi connectivity index (χ1) is 7.19. The molecule has 4 heteroatoms. The van der Waals surface area contributed by atoms with Gasteiger partial charge in [0.15, 0.2) is 0 Å². The molecule has 1 aromatic rings. The van der Waals surface area contributed by atoms with E-state index in [-0.39, 0.29) is 0 Å². The second kappa shape index (κ2) is 5.34. The number of nitrogens with zero attached hydrogens (tertiary/aromatic N) is 2. The monoisotopic (exact) mass is 207 g/mol. The number of primary amides is 1. The number of amides is 1. The Morgan fingerprint density at radius 2 is 2.20 bits per heavy atom. The predicted molar refractivity (Wildman–Crippen MR) is 60.9 cm³/mol. The van der Waals surface area contributed by atoms with Crippen LogP contribution in [0.5, 0.6) is 0 Å². The third kappa shape index (κ3) is 2.94. The molecule has 0 bridgehead atoms. The zero-order chi connectivity index (χ0) is 11.3. The molecule has 0 aliphatic rings. The molecule has 82 valence electrons. The van der Waals surface area contributed by atoms with Crippen molar-refractivity contribution in [1.29, 1.82) is 0 Å². The minimum atomic E-state index is -0.486. The van der Waals surface area contributed by atoms with Gasteiger partial charge in [0.05, 0.1) is 11.9 Å². The molecule has 1 aromatic heterocycles.